The summed E-state index contributed by atoms with van der Waals surface area (Å²) in [4.78, 5) is 39.1. The smallest absolute Gasteiger partial charge is 0.407 e. The first kappa shape index (κ1) is 31.8. The number of carbonyl (C=O) groups excluding carboxylic acids is 3. The van der Waals surface area contributed by atoms with Crippen molar-refractivity contribution in [3.8, 4) is 0 Å². The Morgan fingerprint density at radius 3 is 2.48 bits per heavy atom. The van der Waals surface area contributed by atoms with Crippen LogP contribution in [0.4, 0.5) is 4.79 Å². The van der Waals surface area contributed by atoms with Crippen molar-refractivity contribution in [3.63, 3.8) is 0 Å². The van der Waals surface area contributed by atoms with Crippen LogP contribution in [0.15, 0.2) is 12.7 Å². The second-order valence-corrected chi connectivity index (χ2v) is 16.8. The highest BCUT2D eigenvalue weighted by atomic mass is 32.2. The van der Waals surface area contributed by atoms with Crippen LogP contribution in [0.2, 0.25) is 0 Å². The summed E-state index contributed by atoms with van der Waals surface area (Å²) in [5.41, 5.74) is -2.28. The van der Waals surface area contributed by atoms with Crippen molar-refractivity contribution in [1.29, 1.82) is 0 Å². The molecule has 0 aromatic carbocycles. The molecule has 0 aliphatic heterocycles. The first-order valence-corrected chi connectivity index (χ1v) is 16.8. The van der Waals surface area contributed by atoms with Crippen molar-refractivity contribution in [1.82, 2.24) is 5.32 Å². The molecule has 5 rings (SSSR count). The molecule has 42 heavy (non-hydrogen) atoms. The van der Waals surface area contributed by atoms with Crippen LogP contribution in [0.5, 0.6) is 0 Å². The van der Waals surface area contributed by atoms with Gasteiger partial charge in [0.15, 0.2) is 0 Å². The fourth-order valence-electron chi connectivity index (χ4n) is 10.1. The van der Waals surface area contributed by atoms with E-state index in [0.717, 1.165) is 12.8 Å². The van der Waals surface area contributed by atoms with Gasteiger partial charge in [-0.05, 0) is 82.5 Å². The number of aliphatic hydroxyl groups excluding tert-OH is 2. The Balaban J connectivity index is 1.26. The van der Waals surface area contributed by atoms with Crippen LogP contribution in [-0.4, -0.2) is 69.0 Å². The molecule has 3 N–H and O–H groups in total. The van der Waals surface area contributed by atoms with E-state index in [-0.39, 0.29) is 51.6 Å². The number of aliphatic hydroxyl groups is 2. The van der Waals surface area contributed by atoms with Crippen molar-refractivity contribution in [2.24, 2.45) is 39.4 Å². The molecule has 1 amide bonds. The van der Waals surface area contributed by atoms with E-state index in [0.29, 0.717) is 37.9 Å². The third-order valence-electron chi connectivity index (χ3n) is 12.2. The molecule has 5 aliphatic carbocycles. The predicted octanol–water partition coefficient (Wildman–Crippen LogP) is 5.04. The van der Waals surface area contributed by atoms with Crippen molar-refractivity contribution in [3.05, 3.63) is 12.7 Å². The van der Waals surface area contributed by atoms with Gasteiger partial charge in [0.1, 0.15) is 17.5 Å². The fourth-order valence-corrected chi connectivity index (χ4v) is 11.2. The summed E-state index contributed by atoms with van der Waals surface area (Å²) in [6, 6.07) is -0.178. The fraction of sp³-hybridized carbons (Fsp3) is 0.848. The Kier molecular flexibility index (Phi) is 7.96. The molecule has 8 nitrogen and oxygen atoms in total. The van der Waals surface area contributed by atoms with E-state index in [4.69, 9.17) is 9.47 Å². The topological polar surface area (TPSA) is 122 Å². The first-order chi connectivity index (χ1) is 19.5. The van der Waals surface area contributed by atoms with E-state index in [9.17, 15) is 24.6 Å². The van der Waals surface area contributed by atoms with E-state index in [2.05, 4.69) is 32.7 Å². The minimum atomic E-state index is -0.682. The number of carbonyl (C=O) groups is 3. The van der Waals surface area contributed by atoms with Crippen molar-refractivity contribution >= 4 is 29.6 Å². The lowest BCUT2D eigenvalue weighted by Gasteiger charge is -2.51. The molecule has 236 valence electrons. The van der Waals surface area contributed by atoms with Crippen LogP contribution >= 0.6 is 11.8 Å². The van der Waals surface area contributed by atoms with E-state index < -0.39 is 40.8 Å². The predicted molar refractivity (Wildman–Crippen MR) is 162 cm³/mol. The molecular formula is C33H51NO7S. The molecule has 0 radical (unpaired) electrons. The highest BCUT2D eigenvalue weighted by molar-refractivity contribution is 8.00. The molecule has 0 bridgehead atoms. The van der Waals surface area contributed by atoms with Crippen LogP contribution in [0.25, 0.3) is 0 Å². The normalized spacial score (nSPS) is 47.9. The highest BCUT2D eigenvalue weighted by Gasteiger charge is 2.92. The zero-order valence-corrected chi connectivity index (χ0v) is 27.2. The van der Waals surface area contributed by atoms with Gasteiger partial charge in [-0.1, -0.05) is 33.8 Å². The van der Waals surface area contributed by atoms with Crippen molar-refractivity contribution in [2.75, 3.05) is 5.75 Å². The number of hydrogen-bond acceptors (Lipinski definition) is 8. The minimum absolute atomic E-state index is 0.0441. The standard InChI is InChI=1S/C33H51NO7S/c1-9-30(7)16-24(31(8)18(2)15-33-23(36)12-13-32(33,27(31)33)19(3)26(30)38)40-25(37)17-42-22-11-10-20(14-21(22)35)34-28(39)41-29(4,5)6/h9,18-22,24,26-27,35,38H,1,10-17H2,2-8H3,(H,34,39). The zero-order valence-electron chi connectivity index (χ0n) is 26.4. The molecule has 0 saturated heterocycles. The molecule has 0 heterocycles. The van der Waals surface area contributed by atoms with Gasteiger partial charge in [0.25, 0.3) is 0 Å². The summed E-state index contributed by atoms with van der Waals surface area (Å²) in [6.45, 7) is 18.0. The number of nitrogens with one attached hydrogen (secondary N) is 1. The molecule has 0 aromatic heterocycles. The molecule has 9 heteroatoms. The summed E-state index contributed by atoms with van der Waals surface area (Å²) in [7, 11) is 0. The average molecular weight is 606 g/mol. The molecule has 5 fully saturated rings. The highest BCUT2D eigenvalue weighted by Crippen LogP contribution is 2.91. The van der Waals surface area contributed by atoms with Gasteiger partial charge in [-0.2, -0.15) is 0 Å². The summed E-state index contributed by atoms with van der Waals surface area (Å²) >= 11 is 1.40. The third kappa shape index (κ3) is 4.66. The third-order valence-corrected chi connectivity index (χ3v) is 13.6. The molecule has 12 unspecified atom stereocenters. The van der Waals surface area contributed by atoms with Gasteiger partial charge in [-0.3, -0.25) is 9.59 Å². The average Bonchev–Trinajstić information content (AvgIpc) is 3.26. The van der Waals surface area contributed by atoms with Gasteiger partial charge in [0.05, 0.1) is 18.0 Å². The molecule has 12 atom stereocenters. The molecule has 2 spiro atoms. The van der Waals surface area contributed by atoms with Gasteiger partial charge >= 0.3 is 12.1 Å². The summed E-state index contributed by atoms with van der Waals surface area (Å²) in [5, 5.41) is 25.2. The Morgan fingerprint density at radius 1 is 1.17 bits per heavy atom. The Morgan fingerprint density at radius 2 is 1.86 bits per heavy atom. The maximum Gasteiger partial charge on any atom is 0.407 e. The van der Waals surface area contributed by atoms with Crippen LogP contribution < -0.4 is 5.32 Å². The van der Waals surface area contributed by atoms with Gasteiger partial charge in [0.2, 0.25) is 0 Å². The summed E-state index contributed by atoms with van der Waals surface area (Å²) in [5.74, 6) is 0.368. The van der Waals surface area contributed by atoms with E-state index in [1.807, 2.05) is 33.8 Å². The number of thioether (sulfide) groups is 1. The number of ether oxygens (including phenoxy) is 2. The number of ketones is 1. The van der Waals surface area contributed by atoms with Crippen LogP contribution in [0.1, 0.15) is 93.4 Å². The lowest BCUT2D eigenvalue weighted by molar-refractivity contribution is -0.168. The lowest BCUT2D eigenvalue weighted by Crippen LogP contribution is -2.53. The number of esters is 1. The van der Waals surface area contributed by atoms with Crippen molar-refractivity contribution < 1.29 is 34.1 Å². The quantitative estimate of drug-likeness (QED) is 0.284. The largest absolute Gasteiger partial charge is 0.461 e. The van der Waals surface area contributed by atoms with Gasteiger partial charge < -0.3 is 25.0 Å². The number of rotatable bonds is 6. The number of Topliss-reactive ketones (excluding diaryl/α,β-unsaturated/α-hetero) is 1. The van der Waals surface area contributed by atoms with Gasteiger partial charge in [-0.25, -0.2) is 4.79 Å². The maximum atomic E-state index is 13.5. The van der Waals surface area contributed by atoms with Crippen LogP contribution in [0, 0.1) is 39.4 Å². The van der Waals surface area contributed by atoms with E-state index in [1.54, 1.807) is 0 Å². The van der Waals surface area contributed by atoms with Gasteiger partial charge in [0, 0.05) is 34.0 Å². The van der Waals surface area contributed by atoms with E-state index >= 15 is 0 Å². The van der Waals surface area contributed by atoms with Crippen molar-refractivity contribution in [2.45, 2.75) is 129 Å². The monoisotopic (exact) mass is 605 g/mol. The molecular weight excluding hydrogens is 554 g/mol. The lowest BCUT2D eigenvalue weighted by atomic mass is 9.57. The van der Waals surface area contributed by atoms with Gasteiger partial charge in [-0.15, -0.1) is 18.3 Å². The second kappa shape index (κ2) is 10.5. The maximum absolute atomic E-state index is 13.5. The number of hydrogen-bond donors (Lipinski definition) is 3. The Bertz CT molecular complexity index is 1140. The second-order valence-electron chi connectivity index (χ2n) is 15.5. The molecule has 5 saturated carbocycles. The molecule has 5 aliphatic rings. The molecule has 0 aromatic rings. The summed E-state index contributed by atoms with van der Waals surface area (Å²) in [6.07, 6.45) is 3.89. The zero-order chi connectivity index (χ0) is 31.0. The Hall–Kier alpha value is -1.58. The number of alkyl carbamates (subject to hydrolysis) is 1. The number of amides is 1. The Labute approximate surface area is 255 Å². The first-order valence-electron chi connectivity index (χ1n) is 15.8. The van der Waals surface area contributed by atoms with Crippen LogP contribution in [-0.2, 0) is 19.1 Å². The minimum Gasteiger partial charge on any atom is -0.461 e. The van der Waals surface area contributed by atoms with Crippen LogP contribution in [0.3, 0.4) is 0 Å². The SMILES string of the molecule is C=CC1(C)CC(OC(=O)CSC2CCC(NC(=O)OC(C)(C)C)CC2O)C2(C)C(C)CC34C(=O)CCC3(C(C)C1O)C24. The van der Waals surface area contributed by atoms with E-state index in [1.165, 1.54) is 11.8 Å². The summed E-state index contributed by atoms with van der Waals surface area (Å²) < 4.78 is 11.7.